The highest BCUT2D eigenvalue weighted by molar-refractivity contribution is 7.99. The molecule has 4 rings (SSSR count). The average Bonchev–Trinajstić information content (AvgIpc) is 3.36. The molecule has 1 aliphatic rings. The van der Waals surface area contributed by atoms with Crippen molar-refractivity contribution in [2.45, 2.75) is 17.8 Å². The zero-order chi connectivity index (χ0) is 15.5. The number of pyridine rings is 1. The fourth-order valence-electron chi connectivity index (χ4n) is 2.35. The highest BCUT2D eigenvalue weighted by atomic mass is 32.2. The summed E-state index contributed by atoms with van der Waals surface area (Å²) in [6, 6.07) is 14.3. The summed E-state index contributed by atoms with van der Waals surface area (Å²) in [6.45, 7) is 1.61. The van der Waals surface area contributed by atoms with Gasteiger partial charge in [0.2, 0.25) is 0 Å². The molecular weight excluding hydrogens is 308 g/mol. The van der Waals surface area contributed by atoms with Crippen LogP contribution in [0, 0.1) is 0 Å². The van der Waals surface area contributed by atoms with Gasteiger partial charge in [0.1, 0.15) is 0 Å². The van der Waals surface area contributed by atoms with Crippen molar-refractivity contribution < 1.29 is 4.74 Å². The van der Waals surface area contributed by atoms with E-state index in [1.54, 1.807) is 24.2 Å². The molecular formula is C17H16N4OS. The van der Waals surface area contributed by atoms with Gasteiger partial charge in [0.25, 0.3) is 0 Å². The van der Waals surface area contributed by atoms with Gasteiger partial charge in [0.15, 0.2) is 11.0 Å². The SMILES string of the molecule is c1ccc(Cn2c(SCC3CO3)nnc2-c2ccncc2)cc1. The van der Waals surface area contributed by atoms with Gasteiger partial charge < -0.3 is 4.74 Å². The van der Waals surface area contributed by atoms with Gasteiger partial charge >= 0.3 is 0 Å². The molecule has 0 radical (unpaired) electrons. The Morgan fingerprint density at radius 2 is 1.87 bits per heavy atom. The highest BCUT2D eigenvalue weighted by Gasteiger charge is 2.24. The molecule has 0 amide bonds. The van der Waals surface area contributed by atoms with Crippen LogP contribution >= 0.6 is 11.8 Å². The first-order valence-electron chi connectivity index (χ1n) is 7.52. The van der Waals surface area contributed by atoms with Crippen molar-refractivity contribution in [1.29, 1.82) is 0 Å². The molecule has 1 fully saturated rings. The van der Waals surface area contributed by atoms with Crippen molar-refractivity contribution in [2.24, 2.45) is 0 Å². The number of benzene rings is 1. The Labute approximate surface area is 138 Å². The number of nitrogens with zero attached hydrogens (tertiary/aromatic N) is 4. The summed E-state index contributed by atoms with van der Waals surface area (Å²) in [4.78, 5) is 4.08. The molecule has 3 heterocycles. The molecule has 1 saturated heterocycles. The minimum Gasteiger partial charge on any atom is -0.372 e. The van der Waals surface area contributed by atoms with Crippen LogP contribution in [0.5, 0.6) is 0 Å². The van der Waals surface area contributed by atoms with E-state index in [2.05, 4.69) is 44.0 Å². The fraction of sp³-hybridized carbons (Fsp3) is 0.235. The van der Waals surface area contributed by atoms with E-state index in [0.29, 0.717) is 6.10 Å². The van der Waals surface area contributed by atoms with E-state index >= 15 is 0 Å². The lowest BCUT2D eigenvalue weighted by Gasteiger charge is -2.10. The van der Waals surface area contributed by atoms with E-state index in [-0.39, 0.29) is 0 Å². The van der Waals surface area contributed by atoms with Crippen LogP contribution in [-0.2, 0) is 11.3 Å². The van der Waals surface area contributed by atoms with Crippen LogP contribution in [0.25, 0.3) is 11.4 Å². The van der Waals surface area contributed by atoms with Crippen LogP contribution in [0.2, 0.25) is 0 Å². The second-order valence-corrected chi connectivity index (χ2v) is 6.37. The molecule has 0 bridgehead atoms. The third-order valence-electron chi connectivity index (χ3n) is 3.64. The molecule has 1 atom stereocenters. The maximum atomic E-state index is 5.29. The Morgan fingerprint density at radius 3 is 2.61 bits per heavy atom. The van der Waals surface area contributed by atoms with Crippen molar-refractivity contribution in [3.8, 4) is 11.4 Å². The largest absolute Gasteiger partial charge is 0.372 e. The number of thioether (sulfide) groups is 1. The van der Waals surface area contributed by atoms with E-state index in [9.17, 15) is 0 Å². The molecule has 1 unspecified atom stereocenters. The van der Waals surface area contributed by atoms with Crippen molar-refractivity contribution in [3.05, 3.63) is 60.4 Å². The lowest BCUT2D eigenvalue weighted by molar-refractivity contribution is 0.426. The molecule has 2 aromatic heterocycles. The van der Waals surface area contributed by atoms with Crippen molar-refractivity contribution in [1.82, 2.24) is 19.7 Å². The number of hydrogen-bond donors (Lipinski definition) is 0. The Hall–Kier alpha value is -2.18. The van der Waals surface area contributed by atoms with Crippen LogP contribution in [-0.4, -0.2) is 38.2 Å². The van der Waals surface area contributed by atoms with Crippen LogP contribution in [0.4, 0.5) is 0 Å². The van der Waals surface area contributed by atoms with Crippen LogP contribution in [0.1, 0.15) is 5.56 Å². The smallest absolute Gasteiger partial charge is 0.191 e. The zero-order valence-electron chi connectivity index (χ0n) is 12.5. The van der Waals surface area contributed by atoms with Gasteiger partial charge in [-0.2, -0.15) is 0 Å². The summed E-state index contributed by atoms with van der Waals surface area (Å²) in [5.41, 5.74) is 2.25. The molecule has 1 aromatic carbocycles. The normalized spacial score (nSPS) is 16.4. The maximum Gasteiger partial charge on any atom is 0.191 e. The molecule has 5 nitrogen and oxygen atoms in total. The van der Waals surface area contributed by atoms with E-state index in [1.807, 2.05) is 18.2 Å². The summed E-state index contributed by atoms with van der Waals surface area (Å²) in [5.74, 6) is 1.79. The first-order chi connectivity index (χ1) is 11.4. The quantitative estimate of drug-likeness (QED) is 0.515. The van der Waals surface area contributed by atoms with E-state index < -0.39 is 0 Å². The summed E-state index contributed by atoms with van der Waals surface area (Å²) >= 11 is 1.70. The number of rotatable bonds is 6. The molecule has 6 heteroatoms. The van der Waals surface area contributed by atoms with Gasteiger partial charge in [-0.3, -0.25) is 9.55 Å². The lowest BCUT2D eigenvalue weighted by Crippen LogP contribution is -2.05. The fourth-order valence-corrected chi connectivity index (χ4v) is 3.28. The number of epoxide rings is 1. The van der Waals surface area contributed by atoms with Gasteiger partial charge in [0, 0.05) is 23.7 Å². The van der Waals surface area contributed by atoms with E-state index in [4.69, 9.17) is 4.74 Å². The minimum absolute atomic E-state index is 0.367. The first-order valence-corrected chi connectivity index (χ1v) is 8.50. The third-order valence-corrected chi connectivity index (χ3v) is 4.74. The van der Waals surface area contributed by atoms with Gasteiger partial charge in [-0.15, -0.1) is 10.2 Å². The topological polar surface area (TPSA) is 56.1 Å². The van der Waals surface area contributed by atoms with Crippen molar-refractivity contribution >= 4 is 11.8 Å². The maximum absolute atomic E-state index is 5.29. The standard InChI is InChI=1S/C17H16N4OS/c1-2-4-13(5-3-1)10-21-16(14-6-8-18-9-7-14)19-20-17(21)23-12-15-11-22-15/h1-9,15H,10-12H2. The number of ether oxygens (including phenoxy) is 1. The van der Waals surface area contributed by atoms with Gasteiger partial charge in [-0.1, -0.05) is 42.1 Å². The monoisotopic (exact) mass is 324 g/mol. The minimum atomic E-state index is 0.367. The lowest BCUT2D eigenvalue weighted by atomic mass is 10.2. The molecule has 1 aliphatic heterocycles. The molecule has 3 aromatic rings. The Kier molecular flexibility index (Phi) is 4.08. The van der Waals surface area contributed by atoms with E-state index in [0.717, 1.165) is 35.4 Å². The summed E-state index contributed by atoms with van der Waals surface area (Å²) in [7, 11) is 0. The third kappa shape index (κ3) is 3.43. The van der Waals surface area contributed by atoms with Crippen molar-refractivity contribution in [3.63, 3.8) is 0 Å². The predicted molar refractivity (Wildman–Crippen MR) is 89.3 cm³/mol. The summed E-state index contributed by atoms with van der Waals surface area (Å²) < 4.78 is 7.46. The molecule has 116 valence electrons. The van der Waals surface area contributed by atoms with Gasteiger partial charge in [-0.25, -0.2) is 0 Å². The molecule has 0 aliphatic carbocycles. The van der Waals surface area contributed by atoms with Gasteiger partial charge in [-0.05, 0) is 17.7 Å². The Balaban J connectivity index is 1.67. The number of aromatic nitrogens is 4. The second kappa shape index (κ2) is 6.52. The summed E-state index contributed by atoms with van der Waals surface area (Å²) in [5, 5.41) is 9.72. The molecule has 0 saturated carbocycles. The molecule has 0 N–H and O–H groups in total. The zero-order valence-corrected chi connectivity index (χ0v) is 13.3. The van der Waals surface area contributed by atoms with E-state index in [1.165, 1.54) is 5.56 Å². The molecule has 0 spiro atoms. The van der Waals surface area contributed by atoms with Crippen LogP contribution < -0.4 is 0 Å². The average molecular weight is 324 g/mol. The second-order valence-electron chi connectivity index (χ2n) is 5.38. The highest BCUT2D eigenvalue weighted by Crippen LogP contribution is 2.27. The van der Waals surface area contributed by atoms with Crippen LogP contribution in [0.3, 0.4) is 0 Å². The van der Waals surface area contributed by atoms with Crippen molar-refractivity contribution in [2.75, 3.05) is 12.4 Å². The summed E-state index contributed by atoms with van der Waals surface area (Å²) in [6.07, 6.45) is 3.93. The number of hydrogen-bond acceptors (Lipinski definition) is 5. The molecule has 23 heavy (non-hydrogen) atoms. The first kappa shape index (κ1) is 14.4. The Bertz CT molecular complexity index is 772. The van der Waals surface area contributed by atoms with Crippen LogP contribution in [0.15, 0.2) is 60.0 Å². The Morgan fingerprint density at radius 1 is 1.09 bits per heavy atom. The van der Waals surface area contributed by atoms with Gasteiger partial charge in [0.05, 0.1) is 19.3 Å². The predicted octanol–water partition coefficient (Wildman–Crippen LogP) is 2.88.